The molecule has 0 bridgehead atoms. The Labute approximate surface area is 122 Å². The first-order valence-corrected chi connectivity index (χ1v) is 6.65. The maximum absolute atomic E-state index is 12.0. The zero-order valence-electron chi connectivity index (χ0n) is 11.9. The normalized spacial score (nSPS) is 10.2. The molecule has 110 valence electrons. The fourth-order valence-corrected chi connectivity index (χ4v) is 1.75. The molecule has 1 aromatic heterocycles. The molecular weight excluding hydrogens is 272 g/mol. The smallest absolute Gasteiger partial charge is 0.364 e. The van der Waals surface area contributed by atoms with Crippen molar-refractivity contribution in [3.63, 3.8) is 0 Å². The minimum atomic E-state index is -0.568. The molecule has 0 aliphatic rings. The van der Waals surface area contributed by atoms with Crippen LogP contribution in [0.15, 0.2) is 30.5 Å². The van der Waals surface area contributed by atoms with E-state index in [0.717, 1.165) is 0 Å². The Kier molecular flexibility index (Phi) is 4.71. The van der Waals surface area contributed by atoms with Crippen molar-refractivity contribution in [2.45, 2.75) is 20.4 Å². The molecule has 0 saturated carbocycles. The third kappa shape index (κ3) is 3.47. The van der Waals surface area contributed by atoms with Crippen LogP contribution < -0.4 is 9.47 Å². The topological polar surface area (TPSA) is 70.4 Å². The second kappa shape index (κ2) is 6.69. The minimum absolute atomic E-state index is 0.221. The predicted octanol–water partition coefficient (Wildman–Crippen LogP) is 2.33. The van der Waals surface area contributed by atoms with Gasteiger partial charge >= 0.3 is 5.97 Å². The van der Waals surface area contributed by atoms with Crippen LogP contribution in [0.1, 0.15) is 34.7 Å². The van der Waals surface area contributed by atoms with Crippen molar-refractivity contribution in [2.75, 3.05) is 6.61 Å². The highest BCUT2D eigenvalue weighted by molar-refractivity contribution is 5.89. The molecule has 0 aliphatic carbocycles. The highest BCUT2D eigenvalue weighted by atomic mass is 16.6. The van der Waals surface area contributed by atoms with Gasteiger partial charge in [-0.1, -0.05) is 0 Å². The third-order valence-corrected chi connectivity index (χ3v) is 2.78. The van der Waals surface area contributed by atoms with Gasteiger partial charge in [-0.2, -0.15) is 5.10 Å². The van der Waals surface area contributed by atoms with Crippen LogP contribution in [-0.4, -0.2) is 28.6 Å². The van der Waals surface area contributed by atoms with Crippen LogP contribution in [0, 0.1) is 0 Å². The largest absolute Gasteiger partial charge is 0.490 e. The number of rotatable bonds is 6. The Morgan fingerprint density at radius 2 is 2.10 bits per heavy atom. The van der Waals surface area contributed by atoms with Gasteiger partial charge in [0.15, 0.2) is 17.2 Å². The summed E-state index contributed by atoms with van der Waals surface area (Å²) >= 11 is 0. The zero-order valence-corrected chi connectivity index (χ0v) is 11.9. The lowest BCUT2D eigenvalue weighted by Crippen LogP contribution is -2.11. The van der Waals surface area contributed by atoms with Crippen molar-refractivity contribution in [3.8, 4) is 11.5 Å². The average Bonchev–Trinajstić information content (AvgIpc) is 2.98. The maximum Gasteiger partial charge on any atom is 0.364 e. The lowest BCUT2D eigenvalue weighted by molar-refractivity contribution is 0.0721. The van der Waals surface area contributed by atoms with E-state index in [4.69, 9.17) is 9.47 Å². The van der Waals surface area contributed by atoms with Gasteiger partial charge in [-0.3, -0.25) is 9.48 Å². The fourth-order valence-electron chi connectivity index (χ4n) is 1.75. The van der Waals surface area contributed by atoms with Crippen LogP contribution in [0.4, 0.5) is 0 Å². The number of carbonyl (C=O) groups is 2. The van der Waals surface area contributed by atoms with Crippen molar-refractivity contribution in [2.24, 2.45) is 0 Å². The van der Waals surface area contributed by atoms with Crippen LogP contribution in [0.5, 0.6) is 11.5 Å². The monoisotopic (exact) mass is 288 g/mol. The third-order valence-electron chi connectivity index (χ3n) is 2.78. The number of esters is 1. The molecule has 1 heterocycles. The molecule has 6 nitrogen and oxygen atoms in total. The highest BCUT2D eigenvalue weighted by Gasteiger charge is 2.15. The first kappa shape index (κ1) is 14.8. The van der Waals surface area contributed by atoms with Crippen molar-refractivity contribution in [3.05, 3.63) is 41.7 Å². The first-order chi connectivity index (χ1) is 10.2. The SMILES string of the molecule is CCOc1cc(C=O)ccc1OC(=O)c1ccn(CC)n1. The summed E-state index contributed by atoms with van der Waals surface area (Å²) in [6.07, 6.45) is 2.41. The molecular formula is C15H16N2O4. The first-order valence-electron chi connectivity index (χ1n) is 6.65. The van der Waals surface area contributed by atoms with Crippen molar-refractivity contribution in [1.29, 1.82) is 0 Å². The lowest BCUT2D eigenvalue weighted by Gasteiger charge is -2.10. The van der Waals surface area contributed by atoms with Gasteiger partial charge in [0, 0.05) is 18.3 Å². The minimum Gasteiger partial charge on any atom is -0.490 e. The van der Waals surface area contributed by atoms with E-state index in [9.17, 15) is 9.59 Å². The number of benzene rings is 1. The Morgan fingerprint density at radius 1 is 1.29 bits per heavy atom. The van der Waals surface area contributed by atoms with E-state index >= 15 is 0 Å². The molecule has 0 atom stereocenters. The summed E-state index contributed by atoms with van der Waals surface area (Å²) in [4.78, 5) is 22.8. The fraction of sp³-hybridized carbons (Fsp3) is 0.267. The van der Waals surface area contributed by atoms with E-state index in [2.05, 4.69) is 5.10 Å². The summed E-state index contributed by atoms with van der Waals surface area (Å²) < 4.78 is 12.3. The van der Waals surface area contributed by atoms with E-state index in [0.29, 0.717) is 30.8 Å². The molecule has 6 heteroatoms. The molecule has 0 unspecified atom stereocenters. The van der Waals surface area contributed by atoms with Gasteiger partial charge < -0.3 is 9.47 Å². The van der Waals surface area contributed by atoms with Gasteiger partial charge in [0.2, 0.25) is 0 Å². The number of hydrogen-bond acceptors (Lipinski definition) is 5. The van der Waals surface area contributed by atoms with E-state index < -0.39 is 5.97 Å². The molecule has 21 heavy (non-hydrogen) atoms. The Balaban J connectivity index is 2.21. The molecule has 0 fully saturated rings. The summed E-state index contributed by atoms with van der Waals surface area (Å²) in [7, 11) is 0. The predicted molar refractivity (Wildman–Crippen MR) is 75.9 cm³/mol. The molecule has 0 amide bonds. The van der Waals surface area contributed by atoms with Gasteiger partial charge in [0.1, 0.15) is 6.29 Å². The van der Waals surface area contributed by atoms with Crippen molar-refractivity contribution in [1.82, 2.24) is 9.78 Å². The summed E-state index contributed by atoms with van der Waals surface area (Å²) in [5.41, 5.74) is 0.673. The second-order valence-electron chi connectivity index (χ2n) is 4.20. The molecule has 2 rings (SSSR count). The van der Waals surface area contributed by atoms with Crippen LogP contribution in [0.2, 0.25) is 0 Å². The second-order valence-corrected chi connectivity index (χ2v) is 4.20. The number of ether oxygens (including phenoxy) is 2. The average molecular weight is 288 g/mol. The number of aryl methyl sites for hydroxylation is 1. The number of aromatic nitrogens is 2. The van der Waals surface area contributed by atoms with E-state index in [1.165, 1.54) is 12.1 Å². The highest BCUT2D eigenvalue weighted by Crippen LogP contribution is 2.28. The molecule has 0 spiro atoms. The number of carbonyl (C=O) groups excluding carboxylic acids is 2. The van der Waals surface area contributed by atoms with Crippen LogP contribution in [-0.2, 0) is 6.54 Å². The van der Waals surface area contributed by atoms with E-state index in [1.54, 1.807) is 23.0 Å². The van der Waals surface area contributed by atoms with Crippen LogP contribution in [0.25, 0.3) is 0 Å². The number of aldehydes is 1. The Hall–Kier alpha value is -2.63. The number of nitrogens with zero attached hydrogens (tertiary/aromatic N) is 2. The standard InChI is InChI=1S/C15H16N2O4/c1-3-17-8-7-12(16-17)15(19)21-13-6-5-11(10-18)9-14(13)20-4-2/h5-10H,3-4H2,1-2H3. The summed E-state index contributed by atoms with van der Waals surface area (Å²) in [6.45, 7) is 4.80. The molecule has 0 aliphatic heterocycles. The summed E-state index contributed by atoms with van der Waals surface area (Å²) in [6, 6.07) is 6.21. The quantitative estimate of drug-likeness (QED) is 0.463. The Morgan fingerprint density at radius 3 is 2.71 bits per heavy atom. The van der Waals surface area contributed by atoms with Gasteiger partial charge in [0.25, 0.3) is 0 Å². The van der Waals surface area contributed by atoms with Crippen molar-refractivity contribution >= 4 is 12.3 Å². The summed E-state index contributed by atoms with van der Waals surface area (Å²) in [5.74, 6) is 0.0471. The van der Waals surface area contributed by atoms with Gasteiger partial charge in [0.05, 0.1) is 6.61 Å². The maximum atomic E-state index is 12.0. The number of hydrogen-bond donors (Lipinski definition) is 0. The van der Waals surface area contributed by atoms with Crippen LogP contribution in [0.3, 0.4) is 0 Å². The van der Waals surface area contributed by atoms with Gasteiger partial charge in [-0.05, 0) is 38.1 Å². The van der Waals surface area contributed by atoms with Crippen molar-refractivity contribution < 1.29 is 19.1 Å². The van der Waals surface area contributed by atoms with E-state index in [1.807, 2.05) is 13.8 Å². The molecule has 0 radical (unpaired) electrons. The molecule has 0 N–H and O–H groups in total. The molecule has 0 saturated heterocycles. The lowest BCUT2D eigenvalue weighted by atomic mass is 10.2. The Bertz CT molecular complexity index is 649. The van der Waals surface area contributed by atoms with E-state index in [-0.39, 0.29) is 11.4 Å². The zero-order chi connectivity index (χ0) is 15.2. The molecule has 2 aromatic rings. The van der Waals surface area contributed by atoms with Gasteiger partial charge in [-0.15, -0.1) is 0 Å². The summed E-state index contributed by atoms with van der Waals surface area (Å²) in [5, 5.41) is 4.08. The van der Waals surface area contributed by atoms with Crippen LogP contribution >= 0.6 is 0 Å². The molecule has 1 aromatic carbocycles. The van der Waals surface area contributed by atoms with Gasteiger partial charge in [-0.25, -0.2) is 4.79 Å².